The molecule has 2 aromatic heterocycles. The molecule has 0 fully saturated rings. The van der Waals surface area contributed by atoms with Gasteiger partial charge >= 0.3 is 0 Å². The first-order valence-corrected chi connectivity index (χ1v) is 11.4. The van der Waals surface area contributed by atoms with Gasteiger partial charge in [0, 0.05) is 17.4 Å². The summed E-state index contributed by atoms with van der Waals surface area (Å²) in [5, 5.41) is 9.67. The highest BCUT2D eigenvalue weighted by Crippen LogP contribution is 2.35. The van der Waals surface area contributed by atoms with Gasteiger partial charge in [-0.1, -0.05) is 12.1 Å². The number of hydrogen-bond donors (Lipinski definition) is 0. The SMILES string of the molecule is CS(=O)(=O)c1ccc(-c2cc(C#N)c(OCc3ccco3)nc2-c2ccc(F)cc2)cc1. The maximum Gasteiger partial charge on any atom is 0.232 e. The number of benzene rings is 2. The van der Waals surface area contributed by atoms with Crippen LogP contribution in [0.3, 0.4) is 0 Å². The van der Waals surface area contributed by atoms with E-state index < -0.39 is 15.7 Å². The van der Waals surface area contributed by atoms with Crippen LogP contribution in [0.5, 0.6) is 5.88 Å². The van der Waals surface area contributed by atoms with Gasteiger partial charge < -0.3 is 9.15 Å². The molecule has 0 aliphatic carbocycles. The van der Waals surface area contributed by atoms with E-state index in [2.05, 4.69) is 11.1 Å². The third-order valence-electron chi connectivity index (χ3n) is 4.75. The van der Waals surface area contributed by atoms with Gasteiger partial charge in [0.15, 0.2) is 9.84 Å². The first-order valence-electron chi connectivity index (χ1n) is 9.52. The number of ether oxygens (including phenoxy) is 1. The molecule has 2 heterocycles. The van der Waals surface area contributed by atoms with Gasteiger partial charge in [0.25, 0.3) is 0 Å². The van der Waals surface area contributed by atoms with Crippen molar-refractivity contribution in [2.24, 2.45) is 0 Å². The quantitative estimate of drug-likeness (QED) is 0.412. The highest BCUT2D eigenvalue weighted by molar-refractivity contribution is 7.90. The van der Waals surface area contributed by atoms with Crippen LogP contribution in [0.1, 0.15) is 11.3 Å². The first kappa shape index (κ1) is 21.3. The van der Waals surface area contributed by atoms with Crippen LogP contribution in [-0.2, 0) is 16.4 Å². The Balaban J connectivity index is 1.84. The Kier molecular flexibility index (Phi) is 5.75. The fourth-order valence-electron chi connectivity index (χ4n) is 3.15. The highest BCUT2D eigenvalue weighted by atomic mass is 32.2. The third-order valence-corrected chi connectivity index (χ3v) is 5.88. The summed E-state index contributed by atoms with van der Waals surface area (Å²) in [6.07, 6.45) is 2.65. The number of nitriles is 1. The van der Waals surface area contributed by atoms with Gasteiger partial charge in [0.05, 0.1) is 16.9 Å². The van der Waals surface area contributed by atoms with E-state index in [1.807, 2.05) is 0 Å². The zero-order chi connectivity index (χ0) is 22.7. The van der Waals surface area contributed by atoms with Crippen molar-refractivity contribution in [1.29, 1.82) is 5.26 Å². The van der Waals surface area contributed by atoms with E-state index >= 15 is 0 Å². The van der Waals surface area contributed by atoms with Crippen LogP contribution >= 0.6 is 0 Å². The van der Waals surface area contributed by atoms with E-state index in [0.29, 0.717) is 28.1 Å². The average molecular weight is 448 g/mol. The van der Waals surface area contributed by atoms with Crippen LogP contribution in [0.2, 0.25) is 0 Å². The molecule has 6 nitrogen and oxygen atoms in total. The molecule has 160 valence electrons. The number of hydrogen-bond acceptors (Lipinski definition) is 6. The Hall–Kier alpha value is -3.96. The monoisotopic (exact) mass is 448 g/mol. The summed E-state index contributed by atoms with van der Waals surface area (Å²) in [6, 6.07) is 19.2. The average Bonchev–Trinajstić information content (AvgIpc) is 3.31. The molecule has 2 aromatic carbocycles. The number of halogens is 1. The van der Waals surface area contributed by atoms with E-state index in [1.54, 1.807) is 42.5 Å². The van der Waals surface area contributed by atoms with Gasteiger partial charge in [0.1, 0.15) is 29.8 Å². The maximum atomic E-state index is 13.5. The van der Waals surface area contributed by atoms with Gasteiger partial charge in [-0.05, 0) is 60.2 Å². The highest BCUT2D eigenvalue weighted by Gasteiger charge is 2.17. The number of nitrogens with zero attached hydrogens (tertiary/aromatic N) is 2. The zero-order valence-corrected chi connectivity index (χ0v) is 17.8. The van der Waals surface area contributed by atoms with Gasteiger partial charge in [-0.25, -0.2) is 17.8 Å². The normalized spacial score (nSPS) is 11.2. The van der Waals surface area contributed by atoms with E-state index in [9.17, 15) is 18.1 Å². The summed E-state index contributed by atoms with van der Waals surface area (Å²) < 4.78 is 48.1. The van der Waals surface area contributed by atoms with Crippen molar-refractivity contribution in [1.82, 2.24) is 4.98 Å². The second-order valence-electron chi connectivity index (χ2n) is 7.02. The number of sulfone groups is 1. The van der Waals surface area contributed by atoms with Gasteiger partial charge in [-0.2, -0.15) is 5.26 Å². The fourth-order valence-corrected chi connectivity index (χ4v) is 3.78. The van der Waals surface area contributed by atoms with Crippen LogP contribution < -0.4 is 4.74 Å². The molecule has 32 heavy (non-hydrogen) atoms. The zero-order valence-electron chi connectivity index (χ0n) is 16.9. The van der Waals surface area contributed by atoms with E-state index in [4.69, 9.17) is 9.15 Å². The molecule has 4 rings (SSSR count). The predicted molar refractivity (Wildman–Crippen MR) is 116 cm³/mol. The number of pyridine rings is 1. The Morgan fingerprint density at radius 1 is 1.06 bits per heavy atom. The van der Waals surface area contributed by atoms with Crippen LogP contribution in [0, 0.1) is 17.1 Å². The predicted octanol–water partition coefficient (Wildman–Crippen LogP) is 5.00. The minimum Gasteiger partial charge on any atom is -0.469 e. The summed E-state index contributed by atoms with van der Waals surface area (Å²) in [7, 11) is -3.36. The molecule has 0 aliphatic heterocycles. The minimum atomic E-state index is -3.36. The van der Waals surface area contributed by atoms with Crippen molar-refractivity contribution >= 4 is 9.84 Å². The molecule has 0 unspecified atom stereocenters. The standard InChI is InChI=1S/C24H17FN2O4S/c1-32(28,29)21-10-6-16(7-11-21)22-13-18(14-26)24(31-15-20-3-2-12-30-20)27-23(22)17-4-8-19(25)9-5-17/h2-13H,15H2,1H3. The molecule has 4 aromatic rings. The summed E-state index contributed by atoms with van der Waals surface area (Å²) in [4.78, 5) is 4.74. The smallest absolute Gasteiger partial charge is 0.232 e. The number of rotatable bonds is 6. The first-order chi connectivity index (χ1) is 15.3. The minimum absolute atomic E-state index is 0.0833. The Morgan fingerprint density at radius 3 is 2.34 bits per heavy atom. The lowest BCUT2D eigenvalue weighted by atomic mass is 9.98. The molecule has 0 N–H and O–H groups in total. The van der Waals surface area contributed by atoms with E-state index in [-0.39, 0.29) is 22.9 Å². The number of aromatic nitrogens is 1. The molecule has 0 saturated carbocycles. The summed E-state index contributed by atoms with van der Waals surface area (Å²) >= 11 is 0. The van der Waals surface area contributed by atoms with Crippen molar-refractivity contribution in [3.8, 4) is 34.3 Å². The lowest BCUT2D eigenvalue weighted by molar-refractivity contribution is 0.260. The van der Waals surface area contributed by atoms with Gasteiger partial charge in [-0.3, -0.25) is 0 Å². The third kappa shape index (κ3) is 4.53. The molecule has 0 atom stereocenters. The summed E-state index contributed by atoms with van der Waals surface area (Å²) in [5.41, 5.74) is 2.51. The largest absolute Gasteiger partial charge is 0.469 e. The van der Waals surface area contributed by atoms with Crippen molar-refractivity contribution in [3.63, 3.8) is 0 Å². The summed E-state index contributed by atoms with van der Waals surface area (Å²) in [5.74, 6) is 0.287. The van der Waals surface area contributed by atoms with Crippen LogP contribution in [-0.4, -0.2) is 19.7 Å². The van der Waals surface area contributed by atoms with E-state index in [0.717, 1.165) is 6.26 Å². The molecule has 8 heteroatoms. The molecule has 0 saturated heterocycles. The Labute approximate surface area is 184 Å². The molecular weight excluding hydrogens is 431 g/mol. The lowest BCUT2D eigenvalue weighted by Gasteiger charge is -2.14. The summed E-state index contributed by atoms with van der Waals surface area (Å²) in [6.45, 7) is 0.0833. The second-order valence-corrected chi connectivity index (χ2v) is 9.04. The molecule has 0 radical (unpaired) electrons. The number of furan rings is 1. The van der Waals surface area contributed by atoms with Crippen molar-refractivity contribution in [2.45, 2.75) is 11.5 Å². The lowest BCUT2D eigenvalue weighted by Crippen LogP contribution is -2.02. The molecule has 0 aliphatic rings. The van der Waals surface area contributed by atoms with Crippen LogP contribution in [0.4, 0.5) is 4.39 Å². The van der Waals surface area contributed by atoms with Crippen LogP contribution in [0.25, 0.3) is 22.4 Å². The molecule has 0 spiro atoms. The van der Waals surface area contributed by atoms with Crippen molar-refractivity contribution in [3.05, 3.63) is 90.1 Å². The fraction of sp³-hybridized carbons (Fsp3) is 0.0833. The topological polar surface area (TPSA) is 93.2 Å². The van der Waals surface area contributed by atoms with Crippen LogP contribution in [0.15, 0.2) is 82.3 Å². The van der Waals surface area contributed by atoms with Gasteiger partial charge in [0.2, 0.25) is 5.88 Å². The van der Waals surface area contributed by atoms with Gasteiger partial charge in [-0.15, -0.1) is 0 Å². The van der Waals surface area contributed by atoms with Crippen molar-refractivity contribution in [2.75, 3.05) is 6.26 Å². The molecular formula is C24H17FN2O4S. The molecule has 0 amide bonds. The maximum absolute atomic E-state index is 13.5. The Morgan fingerprint density at radius 2 is 1.75 bits per heavy atom. The Bertz CT molecular complexity index is 1390. The molecule has 0 bridgehead atoms. The van der Waals surface area contributed by atoms with Crippen molar-refractivity contribution < 1.29 is 22.0 Å². The second kappa shape index (κ2) is 8.65. The van der Waals surface area contributed by atoms with E-state index in [1.165, 1.54) is 30.5 Å².